The van der Waals surface area contributed by atoms with Gasteiger partial charge in [-0.05, 0) is 25.3 Å². The van der Waals surface area contributed by atoms with E-state index in [1.165, 1.54) is 0 Å². The molecule has 1 aromatic rings. The number of aromatic nitrogens is 2. The van der Waals surface area contributed by atoms with Crippen LogP contribution in [0, 0.1) is 5.92 Å². The Morgan fingerprint density at radius 3 is 2.94 bits per heavy atom. The number of ether oxygens (including phenoxy) is 1. The third kappa shape index (κ3) is 2.27. The molecule has 5 heteroatoms. The Kier molecular flexibility index (Phi) is 3.32. The Bertz CT molecular complexity index is 398. The van der Waals surface area contributed by atoms with Crippen LogP contribution in [0.4, 0.5) is 0 Å². The van der Waals surface area contributed by atoms with Gasteiger partial charge in [0, 0.05) is 50.0 Å². The van der Waals surface area contributed by atoms with Crippen molar-refractivity contribution in [3.05, 3.63) is 18.0 Å². The van der Waals surface area contributed by atoms with Crippen molar-refractivity contribution in [2.45, 2.75) is 25.2 Å². The second kappa shape index (κ2) is 5.10. The third-order valence-electron chi connectivity index (χ3n) is 4.03. The van der Waals surface area contributed by atoms with E-state index in [1.54, 1.807) is 6.20 Å². The molecule has 1 aromatic heterocycles. The van der Waals surface area contributed by atoms with Crippen molar-refractivity contribution in [3.63, 3.8) is 0 Å². The van der Waals surface area contributed by atoms with Crippen LogP contribution >= 0.6 is 0 Å². The number of nitrogens with zero attached hydrogens (tertiary/aromatic N) is 2. The Balaban J connectivity index is 1.59. The highest BCUT2D eigenvalue weighted by molar-refractivity contribution is 5.79. The topological polar surface area (TPSA) is 58.2 Å². The number of carbonyl (C=O) groups is 1. The number of aromatic amines is 1. The highest BCUT2D eigenvalue weighted by atomic mass is 16.5. The van der Waals surface area contributed by atoms with Gasteiger partial charge in [-0.15, -0.1) is 0 Å². The minimum Gasteiger partial charge on any atom is -0.381 e. The summed E-state index contributed by atoms with van der Waals surface area (Å²) in [6.07, 6.45) is 4.57. The van der Waals surface area contributed by atoms with E-state index in [2.05, 4.69) is 10.2 Å². The summed E-state index contributed by atoms with van der Waals surface area (Å²) >= 11 is 0. The van der Waals surface area contributed by atoms with Crippen LogP contribution in [-0.2, 0) is 9.53 Å². The van der Waals surface area contributed by atoms with Crippen molar-refractivity contribution >= 4 is 5.91 Å². The SMILES string of the molecule is O=C(C1CCOCC1)N1CCC(c2ccn[nH]2)C1. The first kappa shape index (κ1) is 11.7. The predicted octanol–water partition coefficient (Wildman–Crippen LogP) is 1.15. The van der Waals surface area contributed by atoms with Crippen molar-refractivity contribution in [2.24, 2.45) is 5.92 Å². The second-order valence-electron chi connectivity index (χ2n) is 5.17. The van der Waals surface area contributed by atoms with Crippen LogP contribution in [0.1, 0.15) is 30.9 Å². The van der Waals surface area contributed by atoms with E-state index in [4.69, 9.17) is 4.74 Å². The normalized spacial score (nSPS) is 25.6. The number of rotatable bonds is 2. The summed E-state index contributed by atoms with van der Waals surface area (Å²) in [7, 11) is 0. The molecule has 0 saturated carbocycles. The quantitative estimate of drug-likeness (QED) is 0.855. The first-order chi connectivity index (χ1) is 8.84. The molecule has 0 radical (unpaired) electrons. The second-order valence-corrected chi connectivity index (χ2v) is 5.17. The zero-order chi connectivity index (χ0) is 12.4. The molecular formula is C13H19N3O2. The largest absolute Gasteiger partial charge is 0.381 e. The maximum atomic E-state index is 12.4. The average Bonchev–Trinajstić information content (AvgIpc) is 3.09. The molecule has 3 heterocycles. The number of likely N-dealkylation sites (tertiary alicyclic amines) is 1. The van der Waals surface area contributed by atoms with Gasteiger partial charge >= 0.3 is 0 Å². The summed E-state index contributed by atoms with van der Waals surface area (Å²) in [5.41, 5.74) is 1.15. The molecule has 1 N–H and O–H groups in total. The standard InChI is InChI=1S/C13H19N3O2/c17-13(10-3-7-18-8-4-10)16-6-2-11(9-16)12-1-5-14-15-12/h1,5,10-11H,2-4,6-9H2,(H,14,15). The van der Waals surface area contributed by atoms with Gasteiger partial charge in [0.2, 0.25) is 5.91 Å². The lowest BCUT2D eigenvalue weighted by Crippen LogP contribution is -2.37. The van der Waals surface area contributed by atoms with Gasteiger partial charge in [0.25, 0.3) is 0 Å². The lowest BCUT2D eigenvalue weighted by Gasteiger charge is -2.26. The van der Waals surface area contributed by atoms with Crippen molar-refractivity contribution in [1.29, 1.82) is 0 Å². The maximum Gasteiger partial charge on any atom is 0.225 e. The van der Waals surface area contributed by atoms with Gasteiger partial charge in [-0.25, -0.2) is 0 Å². The number of nitrogens with one attached hydrogen (secondary N) is 1. The van der Waals surface area contributed by atoms with E-state index < -0.39 is 0 Å². The summed E-state index contributed by atoms with van der Waals surface area (Å²) < 4.78 is 5.31. The minimum absolute atomic E-state index is 0.180. The lowest BCUT2D eigenvalue weighted by atomic mass is 9.99. The zero-order valence-electron chi connectivity index (χ0n) is 10.5. The summed E-state index contributed by atoms with van der Waals surface area (Å²) in [6.45, 7) is 3.17. The predicted molar refractivity (Wildman–Crippen MR) is 66.1 cm³/mol. The number of hydrogen-bond donors (Lipinski definition) is 1. The van der Waals surface area contributed by atoms with Gasteiger partial charge in [0.15, 0.2) is 0 Å². The number of amides is 1. The molecule has 1 unspecified atom stereocenters. The van der Waals surface area contributed by atoms with Crippen molar-refractivity contribution < 1.29 is 9.53 Å². The third-order valence-corrected chi connectivity index (χ3v) is 4.03. The van der Waals surface area contributed by atoms with Gasteiger partial charge in [0.05, 0.1) is 0 Å². The highest BCUT2D eigenvalue weighted by Crippen LogP contribution is 2.28. The Morgan fingerprint density at radius 1 is 1.39 bits per heavy atom. The van der Waals surface area contributed by atoms with Crippen molar-refractivity contribution in [2.75, 3.05) is 26.3 Å². The first-order valence-electron chi connectivity index (χ1n) is 6.70. The summed E-state index contributed by atoms with van der Waals surface area (Å²) in [5.74, 6) is 0.927. The molecule has 0 bridgehead atoms. The fraction of sp³-hybridized carbons (Fsp3) is 0.692. The molecule has 3 rings (SSSR count). The molecule has 0 aromatic carbocycles. The van der Waals surface area contributed by atoms with Crippen LogP contribution in [0.2, 0.25) is 0 Å². The molecule has 18 heavy (non-hydrogen) atoms. The monoisotopic (exact) mass is 249 g/mol. The summed E-state index contributed by atoms with van der Waals surface area (Å²) in [6, 6.07) is 2.01. The molecule has 5 nitrogen and oxygen atoms in total. The van der Waals surface area contributed by atoms with E-state index in [0.29, 0.717) is 11.8 Å². The molecule has 2 aliphatic heterocycles. The fourth-order valence-electron chi connectivity index (χ4n) is 2.91. The molecule has 2 saturated heterocycles. The Hall–Kier alpha value is -1.36. The molecule has 1 atom stereocenters. The zero-order valence-corrected chi connectivity index (χ0v) is 10.5. The average molecular weight is 249 g/mol. The van der Waals surface area contributed by atoms with Crippen LogP contribution < -0.4 is 0 Å². The molecule has 1 amide bonds. The van der Waals surface area contributed by atoms with Crippen LogP contribution in [-0.4, -0.2) is 47.3 Å². The number of carbonyl (C=O) groups excluding carboxylic acids is 1. The van der Waals surface area contributed by atoms with Crippen LogP contribution in [0.15, 0.2) is 12.3 Å². The van der Waals surface area contributed by atoms with E-state index in [0.717, 1.165) is 51.3 Å². The van der Waals surface area contributed by atoms with Crippen LogP contribution in [0.3, 0.4) is 0 Å². The molecule has 0 spiro atoms. The summed E-state index contributed by atoms with van der Waals surface area (Å²) in [4.78, 5) is 14.4. The smallest absolute Gasteiger partial charge is 0.225 e. The summed E-state index contributed by atoms with van der Waals surface area (Å²) in [5, 5.41) is 6.99. The maximum absolute atomic E-state index is 12.4. The number of hydrogen-bond acceptors (Lipinski definition) is 3. The fourth-order valence-corrected chi connectivity index (χ4v) is 2.91. The van der Waals surface area contributed by atoms with E-state index in [9.17, 15) is 4.79 Å². The van der Waals surface area contributed by atoms with Crippen molar-refractivity contribution in [1.82, 2.24) is 15.1 Å². The number of H-pyrrole nitrogens is 1. The van der Waals surface area contributed by atoms with Crippen molar-refractivity contribution in [3.8, 4) is 0 Å². The lowest BCUT2D eigenvalue weighted by molar-refractivity contribution is -0.137. The molecule has 2 aliphatic rings. The molecule has 98 valence electrons. The van der Waals surface area contributed by atoms with Gasteiger partial charge in [0.1, 0.15) is 0 Å². The van der Waals surface area contributed by atoms with Gasteiger partial charge in [-0.2, -0.15) is 5.10 Å². The van der Waals surface area contributed by atoms with Crippen LogP contribution in [0.5, 0.6) is 0 Å². The van der Waals surface area contributed by atoms with E-state index in [-0.39, 0.29) is 5.92 Å². The van der Waals surface area contributed by atoms with Gasteiger partial charge in [-0.1, -0.05) is 0 Å². The van der Waals surface area contributed by atoms with E-state index >= 15 is 0 Å². The Morgan fingerprint density at radius 2 is 2.22 bits per heavy atom. The molecular weight excluding hydrogens is 230 g/mol. The minimum atomic E-state index is 0.180. The van der Waals surface area contributed by atoms with Crippen LogP contribution in [0.25, 0.3) is 0 Å². The molecule has 2 fully saturated rings. The highest BCUT2D eigenvalue weighted by Gasteiger charge is 2.32. The Labute approximate surface area is 107 Å². The van der Waals surface area contributed by atoms with Gasteiger partial charge < -0.3 is 9.64 Å². The van der Waals surface area contributed by atoms with Gasteiger partial charge in [-0.3, -0.25) is 9.89 Å². The van der Waals surface area contributed by atoms with E-state index in [1.807, 2.05) is 11.0 Å². The molecule has 0 aliphatic carbocycles. The first-order valence-corrected chi connectivity index (χ1v) is 6.70.